The molecule has 23 heavy (non-hydrogen) atoms. The predicted octanol–water partition coefficient (Wildman–Crippen LogP) is 3.74. The van der Waals surface area contributed by atoms with E-state index in [1.165, 1.54) is 12.3 Å². The minimum atomic E-state index is -2.78. The number of ether oxygens (including phenoxy) is 1. The molecule has 1 aromatic heterocycles. The monoisotopic (exact) mass is 316 g/mol. The number of hydrogen-bond donors (Lipinski definition) is 0. The van der Waals surface area contributed by atoms with Crippen molar-refractivity contribution in [2.24, 2.45) is 0 Å². The molecule has 3 rings (SSSR count). The fraction of sp³-hybridized carbons (Fsp3) is 0.235. The van der Waals surface area contributed by atoms with E-state index in [-0.39, 0.29) is 18.3 Å². The van der Waals surface area contributed by atoms with E-state index < -0.39 is 12.1 Å². The van der Waals surface area contributed by atoms with E-state index in [9.17, 15) is 13.6 Å². The molecular weight excluding hydrogens is 302 g/mol. The van der Waals surface area contributed by atoms with Gasteiger partial charge < -0.3 is 4.74 Å². The SMILES string of the molecule is O=C1C=C(c2cnc(C(F)F)c(OCc3ccccc3)n2)CC1. The number of carbonyl (C=O) groups is 1. The Morgan fingerprint density at radius 2 is 1.96 bits per heavy atom. The van der Waals surface area contributed by atoms with E-state index in [2.05, 4.69) is 9.97 Å². The third-order valence-electron chi connectivity index (χ3n) is 3.50. The highest BCUT2D eigenvalue weighted by atomic mass is 19.3. The Balaban J connectivity index is 1.86. The Labute approximate surface area is 131 Å². The van der Waals surface area contributed by atoms with Crippen LogP contribution in [0.1, 0.15) is 36.2 Å². The van der Waals surface area contributed by atoms with Crippen LogP contribution in [0.2, 0.25) is 0 Å². The van der Waals surface area contributed by atoms with E-state index in [0.717, 1.165) is 5.56 Å². The van der Waals surface area contributed by atoms with E-state index in [0.29, 0.717) is 24.1 Å². The van der Waals surface area contributed by atoms with Gasteiger partial charge in [0, 0.05) is 6.42 Å². The van der Waals surface area contributed by atoms with Crippen LogP contribution in [0.3, 0.4) is 0 Å². The summed E-state index contributed by atoms with van der Waals surface area (Å²) in [4.78, 5) is 19.2. The van der Waals surface area contributed by atoms with E-state index in [1.54, 1.807) is 0 Å². The van der Waals surface area contributed by atoms with Gasteiger partial charge in [0.1, 0.15) is 6.61 Å². The first-order valence-electron chi connectivity index (χ1n) is 7.19. The molecule has 2 aromatic rings. The maximum atomic E-state index is 13.1. The molecule has 0 atom stereocenters. The third kappa shape index (κ3) is 3.59. The summed E-state index contributed by atoms with van der Waals surface area (Å²) in [5, 5.41) is 0. The van der Waals surface area contributed by atoms with Crippen LogP contribution >= 0.6 is 0 Å². The second kappa shape index (κ2) is 6.64. The number of halogens is 2. The first-order chi connectivity index (χ1) is 11.1. The Hall–Kier alpha value is -2.63. The molecule has 0 amide bonds. The number of nitrogens with zero attached hydrogens (tertiary/aromatic N) is 2. The minimum Gasteiger partial charge on any atom is -0.471 e. The summed E-state index contributed by atoms with van der Waals surface area (Å²) >= 11 is 0. The smallest absolute Gasteiger partial charge is 0.285 e. The van der Waals surface area contributed by atoms with Crippen molar-refractivity contribution in [1.82, 2.24) is 9.97 Å². The topological polar surface area (TPSA) is 52.1 Å². The Bertz CT molecular complexity index is 746. The molecule has 0 fully saturated rings. The molecule has 118 valence electrons. The van der Waals surface area contributed by atoms with Crippen LogP contribution in [-0.2, 0) is 11.4 Å². The zero-order chi connectivity index (χ0) is 16.2. The van der Waals surface area contributed by atoms with Gasteiger partial charge in [-0.05, 0) is 23.6 Å². The Morgan fingerprint density at radius 1 is 1.17 bits per heavy atom. The number of aromatic nitrogens is 2. The van der Waals surface area contributed by atoms with Gasteiger partial charge in [0.25, 0.3) is 6.43 Å². The third-order valence-corrected chi connectivity index (χ3v) is 3.50. The molecular formula is C17H14F2N2O2. The van der Waals surface area contributed by atoms with Crippen molar-refractivity contribution in [3.05, 3.63) is 59.6 Å². The highest BCUT2D eigenvalue weighted by molar-refractivity contribution is 6.01. The molecule has 1 aliphatic rings. The van der Waals surface area contributed by atoms with Crippen molar-refractivity contribution in [2.75, 3.05) is 0 Å². The molecule has 1 aromatic carbocycles. The molecule has 4 nitrogen and oxygen atoms in total. The first kappa shape index (κ1) is 15.3. The molecule has 0 N–H and O–H groups in total. The Kier molecular flexibility index (Phi) is 4.41. The molecule has 1 aliphatic carbocycles. The van der Waals surface area contributed by atoms with Crippen LogP contribution in [0.5, 0.6) is 5.88 Å². The van der Waals surface area contributed by atoms with Crippen LogP contribution in [0.25, 0.3) is 5.57 Å². The second-order valence-corrected chi connectivity index (χ2v) is 5.16. The van der Waals surface area contributed by atoms with Gasteiger partial charge in [-0.3, -0.25) is 4.79 Å². The highest BCUT2D eigenvalue weighted by Gasteiger charge is 2.21. The summed E-state index contributed by atoms with van der Waals surface area (Å²) in [6, 6.07) is 9.20. The minimum absolute atomic E-state index is 0.00601. The van der Waals surface area contributed by atoms with Gasteiger partial charge in [-0.2, -0.15) is 0 Å². The van der Waals surface area contributed by atoms with Crippen molar-refractivity contribution in [1.29, 1.82) is 0 Å². The summed E-state index contributed by atoms with van der Waals surface area (Å²) in [5.74, 6) is -0.187. The zero-order valence-electron chi connectivity index (χ0n) is 12.2. The summed E-state index contributed by atoms with van der Waals surface area (Å²) in [6.45, 7) is 0.122. The predicted molar refractivity (Wildman–Crippen MR) is 80.0 cm³/mol. The normalized spacial score (nSPS) is 14.2. The number of alkyl halides is 2. The van der Waals surface area contributed by atoms with E-state index in [1.807, 2.05) is 30.3 Å². The molecule has 0 saturated heterocycles. The molecule has 1 heterocycles. The van der Waals surface area contributed by atoms with Crippen molar-refractivity contribution in [2.45, 2.75) is 25.9 Å². The van der Waals surface area contributed by atoms with Gasteiger partial charge >= 0.3 is 0 Å². The van der Waals surface area contributed by atoms with Gasteiger partial charge in [-0.25, -0.2) is 18.7 Å². The van der Waals surface area contributed by atoms with E-state index in [4.69, 9.17) is 4.74 Å². The largest absolute Gasteiger partial charge is 0.471 e. The maximum Gasteiger partial charge on any atom is 0.285 e. The first-order valence-corrected chi connectivity index (χ1v) is 7.19. The van der Waals surface area contributed by atoms with Crippen LogP contribution in [-0.4, -0.2) is 15.8 Å². The molecule has 0 aliphatic heterocycles. The van der Waals surface area contributed by atoms with Crippen LogP contribution in [0, 0.1) is 0 Å². The molecule has 0 spiro atoms. The lowest BCUT2D eigenvalue weighted by molar-refractivity contribution is -0.114. The Morgan fingerprint density at radius 3 is 2.61 bits per heavy atom. The highest BCUT2D eigenvalue weighted by Crippen LogP contribution is 2.30. The summed E-state index contributed by atoms with van der Waals surface area (Å²) in [7, 11) is 0. The average Bonchev–Trinajstić information content (AvgIpc) is 3.00. The summed E-state index contributed by atoms with van der Waals surface area (Å²) in [5.41, 5.74) is 1.46. The van der Waals surface area contributed by atoms with Crippen molar-refractivity contribution in [3.63, 3.8) is 0 Å². The zero-order valence-corrected chi connectivity index (χ0v) is 12.2. The molecule has 0 radical (unpaired) electrons. The lowest BCUT2D eigenvalue weighted by Crippen LogP contribution is -2.05. The summed E-state index contributed by atoms with van der Waals surface area (Å²) < 4.78 is 31.6. The number of benzene rings is 1. The van der Waals surface area contributed by atoms with Gasteiger partial charge in [0.05, 0.1) is 11.9 Å². The van der Waals surface area contributed by atoms with Crippen molar-refractivity contribution < 1.29 is 18.3 Å². The van der Waals surface area contributed by atoms with Crippen molar-refractivity contribution >= 4 is 11.4 Å². The lowest BCUT2D eigenvalue weighted by Gasteiger charge is -2.11. The number of allylic oxidation sites excluding steroid dienone is 2. The molecule has 0 saturated carbocycles. The molecule has 0 unspecified atom stereocenters. The number of hydrogen-bond acceptors (Lipinski definition) is 4. The number of ketones is 1. The summed E-state index contributed by atoms with van der Waals surface area (Å²) in [6.07, 6.45) is 0.920. The number of carbonyl (C=O) groups excluding carboxylic acids is 1. The fourth-order valence-electron chi connectivity index (χ4n) is 2.32. The van der Waals surface area contributed by atoms with E-state index >= 15 is 0 Å². The average molecular weight is 316 g/mol. The van der Waals surface area contributed by atoms with Crippen LogP contribution in [0.15, 0.2) is 42.6 Å². The lowest BCUT2D eigenvalue weighted by atomic mass is 10.2. The fourth-order valence-corrected chi connectivity index (χ4v) is 2.32. The quantitative estimate of drug-likeness (QED) is 0.843. The molecule has 0 bridgehead atoms. The van der Waals surface area contributed by atoms with Crippen molar-refractivity contribution in [3.8, 4) is 5.88 Å². The van der Waals surface area contributed by atoms with Gasteiger partial charge in [-0.1, -0.05) is 30.3 Å². The van der Waals surface area contributed by atoms with Gasteiger partial charge in [0.2, 0.25) is 5.88 Å². The van der Waals surface area contributed by atoms with Crippen LogP contribution in [0.4, 0.5) is 8.78 Å². The van der Waals surface area contributed by atoms with Crippen LogP contribution < -0.4 is 4.74 Å². The standard InChI is InChI=1S/C17H14F2N2O2/c18-16(19)15-17(23-10-11-4-2-1-3-5-11)21-14(9-20-15)12-6-7-13(22)8-12/h1-5,8-9,16H,6-7,10H2. The maximum absolute atomic E-state index is 13.1. The second-order valence-electron chi connectivity index (χ2n) is 5.16. The van der Waals surface area contributed by atoms with Gasteiger partial charge in [-0.15, -0.1) is 0 Å². The molecule has 6 heteroatoms. The van der Waals surface area contributed by atoms with Gasteiger partial charge in [0.15, 0.2) is 11.5 Å². The number of rotatable bonds is 5.